The lowest BCUT2D eigenvalue weighted by Gasteiger charge is -2.28. The summed E-state index contributed by atoms with van der Waals surface area (Å²) in [7, 11) is 1.92. The SMILES string of the molecule is Cn1cc(-c2ccc(N3CCC(=O)CC3)cc2)cn1. The Hall–Kier alpha value is -2.10. The molecular formula is C15H17N3O. The molecule has 0 spiro atoms. The molecule has 1 fully saturated rings. The number of nitrogens with zero attached hydrogens (tertiary/aromatic N) is 3. The number of anilines is 1. The van der Waals surface area contributed by atoms with Crippen LogP contribution in [0.1, 0.15) is 12.8 Å². The minimum Gasteiger partial charge on any atom is -0.371 e. The topological polar surface area (TPSA) is 38.1 Å². The Morgan fingerprint density at radius 2 is 1.74 bits per heavy atom. The number of aromatic nitrogens is 2. The van der Waals surface area contributed by atoms with Gasteiger partial charge in [-0.05, 0) is 17.7 Å². The van der Waals surface area contributed by atoms with Crippen molar-refractivity contribution in [3.05, 3.63) is 36.7 Å². The molecule has 4 nitrogen and oxygen atoms in total. The first-order chi connectivity index (χ1) is 9.22. The van der Waals surface area contributed by atoms with E-state index in [1.54, 1.807) is 4.68 Å². The van der Waals surface area contributed by atoms with E-state index >= 15 is 0 Å². The van der Waals surface area contributed by atoms with Crippen molar-refractivity contribution in [2.45, 2.75) is 12.8 Å². The third-order valence-corrected chi connectivity index (χ3v) is 3.59. The molecule has 1 aliphatic rings. The van der Waals surface area contributed by atoms with Crippen LogP contribution < -0.4 is 4.90 Å². The molecule has 0 atom stereocenters. The Balaban J connectivity index is 1.77. The largest absolute Gasteiger partial charge is 0.371 e. The van der Waals surface area contributed by atoms with Gasteiger partial charge in [-0.25, -0.2) is 0 Å². The van der Waals surface area contributed by atoms with Gasteiger partial charge in [-0.3, -0.25) is 9.48 Å². The molecule has 1 saturated heterocycles. The Morgan fingerprint density at radius 1 is 1.05 bits per heavy atom. The molecule has 0 unspecified atom stereocenters. The van der Waals surface area contributed by atoms with Gasteiger partial charge >= 0.3 is 0 Å². The number of carbonyl (C=O) groups is 1. The Kier molecular flexibility index (Phi) is 3.07. The van der Waals surface area contributed by atoms with E-state index in [2.05, 4.69) is 34.3 Å². The van der Waals surface area contributed by atoms with Crippen LogP contribution in [0.4, 0.5) is 5.69 Å². The number of Topliss-reactive ketones (excluding diaryl/α,β-unsaturated/α-hetero) is 1. The van der Waals surface area contributed by atoms with Crippen LogP contribution in [0.3, 0.4) is 0 Å². The summed E-state index contributed by atoms with van der Waals surface area (Å²) in [6.45, 7) is 1.68. The molecular weight excluding hydrogens is 238 g/mol. The fourth-order valence-corrected chi connectivity index (χ4v) is 2.45. The summed E-state index contributed by atoms with van der Waals surface area (Å²) in [6, 6.07) is 8.47. The van der Waals surface area contributed by atoms with Crippen molar-refractivity contribution < 1.29 is 4.79 Å². The molecule has 3 rings (SSSR count). The molecule has 1 aromatic heterocycles. The zero-order valence-corrected chi connectivity index (χ0v) is 11.0. The molecule has 2 aromatic rings. The van der Waals surface area contributed by atoms with Crippen LogP contribution >= 0.6 is 0 Å². The maximum atomic E-state index is 11.2. The van der Waals surface area contributed by atoms with Gasteiger partial charge < -0.3 is 4.90 Å². The Morgan fingerprint density at radius 3 is 2.32 bits per heavy atom. The number of piperidine rings is 1. The van der Waals surface area contributed by atoms with Crippen molar-refractivity contribution in [2.24, 2.45) is 7.05 Å². The normalized spacial score (nSPS) is 15.8. The molecule has 1 aliphatic heterocycles. The third kappa shape index (κ3) is 2.52. The second-order valence-corrected chi connectivity index (χ2v) is 4.98. The predicted molar refractivity (Wildman–Crippen MR) is 75.1 cm³/mol. The average Bonchev–Trinajstić information content (AvgIpc) is 2.87. The molecule has 0 bridgehead atoms. The van der Waals surface area contributed by atoms with Crippen molar-refractivity contribution >= 4 is 11.5 Å². The molecule has 4 heteroatoms. The number of ketones is 1. The van der Waals surface area contributed by atoms with Crippen LogP contribution in [0.25, 0.3) is 11.1 Å². The zero-order chi connectivity index (χ0) is 13.2. The van der Waals surface area contributed by atoms with Crippen molar-refractivity contribution in [1.82, 2.24) is 9.78 Å². The first-order valence-corrected chi connectivity index (χ1v) is 6.58. The lowest BCUT2D eigenvalue weighted by atomic mass is 10.1. The van der Waals surface area contributed by atoms with E-state index in [-0.39, 0.29) is 0 Å². The van der Waals surface area contributed by atoms with Crippen LogP contribution in [0.2, 0.25) is 0 Å². The van der Waals surface area contributed by atoms with Crippen molar-refractivity contribution in [1.29, 1.82) is 0 Å². The minimum atomic E-state index is 0.378. The summed E-state index contributed by atoms with van der Waals surface area (Å²) in [6.07, 6.45) is 5.22. The van der Waals surface area contributed by atoms with Crippen molar-refractivity contribution in [2.75, 3.05) is 18.0 Å². The molecule has 98 valence electrons. The molecule has 0 N–H and O–H groups in total. The summed E-state index contributed by atoms with van der Waals surface area (Å²) in [5.41, 5.74) is 3.49. The van der Waals surface area contributed by atoms with Gasteiger partial charge in [-0.1, -0.05) is 12.1 Å². The van der Waals surface area contributed by atoms with Gasteiger partial charge in [-0.15, -0.1) is 0 Å². The highest BCUT2D eigenvalue weighted by atomic mass is 16.1. The van der Waals surface area contributed by atoms with Gasteiger partial charge in [0, 0.05) is 50.4 Å². The van der Waals surface area contributed by atoms with E-state index < -0.39 is 0 Å². The molecule has 0 saturated carbocycles. The summed E-state index contributed by atoms with van der Waals surface area (Å²) < 4.78 is 1.81. The Bertz CT molecular complexity index is 576. The molecule has 2 heterocycles. The second-order valence-electron chi connectivity index (χ2n) is 4.98. The zero-order valence-electron chi connectivity index (χ0n) is 11.0. The number of aryl methyl sites for hydroxylation is 1. The van der Waals surface area contributed by atoms with Crippen molar-refractivity contribution in [3.8, 4) is 11.1 Å². The Labute approximate surface area is 112 Å². The molecule has 0 radical (unpaired) electrons. The summed E-state index contributed by atoms with van der Waals surface area (Å²) in [5, 5.41) is 4.18. The van der Waals surface area contributed by atoms with E-state index in [1.165, 1.54) is 11.3 Å². The van der Waals surface area contributed by atoms with Crippen LogP contribution in [0, 0.1) is 0 Å². The predicted octanol–water partition coefficient (Wildman–Crippen LogP) is 2.26. The maximum Gasteiger partial charge on any atom is 0.136 e. The van der Waals surface area contributed by atoms with Crippen LogP contribution in [-0.2, 0) is 11.8 Å². The number of rotatable bonds is 2. The van der Waals surface area contributed by atoms with Gasteiger partial charge in [0.1, 0.15) is 5.78 Å². The van der Waals surface area contributed by atoms with Crippen molar-refractivity contribution in [3.63, 3.8) is 0 Å². The lowest BCUT2D eigenvalue weighted by molar-refractivity contribution is -0.119. The fourth-order valence-electron chi connectivity index (χ4n) is 2.45. The number of benzene rings is 1. The average molecular weight is 255 g/mol. The fraction of sp³-hybridized carbons (Fsp3) is 0.333. The number of hydrogen-bond donors (Lipinski definition) is 0. The van der Waals surface area contributed by atoms with Gasteiger partial charge in [-0.2, -0.15) is 5.10 Å². The summed E-state index contributed by atoms with van der Waals surface area (Å²) in [5.74, 6) is 0.378. The second kappa shape index (κ2) is 4.88. The number of hydrogen-bond acceptors (Lipinski definition) is 3. The smallest absolute Gasteiger partial charge is 0.136 e. The van der Waals surface area contributed by atoms with Gasteiger partial charge in [0.25, 0.3) is 0 Å². The molecule has 0 amide bonds. The highest BCUT2D eigenvalue weighted by Gasteiger charge is 2.16. The third-order valence-electron chi connectivity index (χ3n) is 3.59. The van der Waals surface area contributed by atoms with Gasteiger partial charge in [0.15, 0.2) is 0 Å². The van der Waals surface area contributed by atoms with Crippen LogP contribution in [-0.4, -0.2) is 28.7 Å². The van der Waals surface area contributed by atoms with Gasteiger partial charge in [0.2, 0.25) is 0 Å². The molecule has 19 heavy (non-hydrogen) atoms. The summed E-state index contributed by atoms with van der Waals surface area (Å²) >= 11 is 0. The van der Waals surface area contributed by atoms with Crippen LogP contribution in [0.15, 0.2) is 36.7 Å². The van der Waals surface area contributed by atoms with Gasteiger partial charge in [0.05, 0.1) is 6.20 Å². The van der Waals surface area contributed by atoms with Crippen LogP contribution in [0.5, 0.6) is 0 Å². The number of carbonyl (C=O) groups excluding carboxylic acids is 1. The highest BCUT2D eigenvalue weighted by Crippen LogP contribution is 2.24. The van der Waals surface area contributed by atoms with E-state index in [0.717, 1.165) is 18.7 Å². The lowest BCUT2D eigenvalue weighted by Crippen LogP contribution is -2.33. The standard InChI is InChI=1S/C15H17N3O/c1-17-11-13(10-16-17)12-2-4-14(5-3-12)18-8-6-15(19)7-9-18/h2-5,10-11H,6-9H2,1H3. The highest BCUT2D eigenvalue weighted by molar-refractivity contribution is 5.81. The first kappa shape index (κ1) is 12.0. The van der Waals surface area contributed by atoms with E-state index in [9.17, 15) is 4.79 Å². The minimum absolute atomic E-state index is 0.378. The quantitative estimate of drug-likeness (QED) is 0.826. The molecule has 1 aromatic carbocycles. The summed E-state index contributed by atoms with van der Waals surface area (Å²) in [4.78, 5) is 13.5. The first-order valence-electron chi connectivity index (χ1n) is 6.58. The molecule has 0 aliphatic carbocycles. The van der Waals surface area contributed by atoms with E-state index in [0.29, 0.717) is 18.6 Å². The van der Waals surface area contributed by atoms with E-state index in [1.807, 2.05) is 19.4 Å². The monoisotopic (exact) mass is 255 g/mol. The maximum absolute atomic E-state index is 11.2. The van der Waals surface area contributed by atoms with E-state index in [4.69, 9.17) is 0 Å².